The molecule has 0 bridgehead atoms. The van der Waals surface area contributed by atoms with Crippen LogP contribution in [0.5, 0.6) is 0 Å². The Balaban J connectivity index is 3.18. The number of hydrogen-bond acceptors (Lipinski definition) is 4. The predicted octanol–water partition coefficient (Wildman–Crippen LogP) is 0.256. The summed E-state index contributed by atoms with van der Waals surface area (Å²) in [7, 11) is 1.66. The molecule has 2 atom stereocenters. The van der Waals surface area contributed by atoms with Gasteiger partial charge in [0, 0.05) is 26.3 Å². The first-order valence-corrected chi connectivity index (χ1v) is 5.13. The average molecular weight is 205 g/mol. The Labute approximate surface area is 86.6 Å². The fraction of sp³-hybridized carbons (Fsp3) is 1.00. The smallest absolute Gasteiger partial charge is 0.0700 e. The van der Waals surface area contributed by atoms with E-state index in [-0.39, 0.29) is 12.5 Å². The van der Waals surface area contributed by atoms with E-state index >= 15 is 0 Å². The molecule has 0 aliphatic carbocycles. The summed E-state index contributed by atoms with van der Waals surface area (Å²) in [6.45, 7) is 7.09. The van der Waals surface area contributed by atoms with Gasteiger partial charge >= 0.3 is 0 Å². The van der Waals surface area contributed by atoms with Crippen LogP contribution in [0, 0.1) is 5.92 Å². The topological polar surface area (TPSA) is 50.7 Å². The van der Waals surface area contributed by atoms with Crippen LogP contribution < -0.4 is 5.32 Å². The first-order chi connectivity index (χ1) is 6.72. The maximum atomic E-state index is 8.89. The summed E-state index contributed by atoms with van der Waals surface area (Å²) in [5.41, 5.74) is 0. The van der Waals surface area contributed by atoms with E-state index in [1.54, 1.807) is 7.11 Å². The van der Waals surface area contributed by atoms with Gasteiger partial charge < -0.3 is 19.9 Å². The Morgan fingerprint density at radius 2 is 1.93 bits per heavy atom. The lowest BCUT2D eigenvalue weighted by molar-refractivity contribution is 0.0699. The molecule has 0 aromatic heterocycles. The van der Waals surface area contributed by atoms with Crippen molar-refractivity contribution in [2.75, 3.05) is 40.1 Å². The number of ether oxygens (including phenoxy) is 2. The molecule has 0 heterocycles. The normalized spacial score (nSPS) is 15.4. The van der Waals surface area contributed by atoms with Gasteiger partial charge in [-0.25, -0.2) is 0 Å². The Morgan fingerprint density at radius 3 is 2.50 bits per heavy atom. The molecule has 14 heavy (non-hydrogen) atoms. The molecule has 0 saturated heterocycles. The van der Waals surface area contributed by atoms with Gasteiger partial charge in [-0.3, -0.25) is 0 Å². The summed E-state index contributed by atoms with van der Waals surface area (Å²) in [6, 6.07) is 0.325. The van der Waals surface area contributed by atoms with Gasteiger partial charge in [0.2, 0.25) is 0 Å². The van der Waals surface area contributed by atoms with Gasteiger partial charge in [0.05, 0.1) is 19.8 Å². The van der Waals surface area contributed by atoms with Crippen LogP contribution in [0.1, 0.15) is 13.8 Å². The van der Waals surface area contributed by atoms with Gasteiger partial charge in [-0.15, -0.1) is 0 Å². The number of nitrogens with one attached hydrogen (secondary N) is 1. The second kappa shape index (κ2) is 9.40. The van der Waals surface area contributed by atoms with Crippen LogP contribution in [0.15, 0.2) is 0 Å². The molecular weight excluding hydrogens is 182 g/mol. The zero-order chi connectivity index (χ0) is 10.8. The van der Waals surface area contributed by atoms with Gasteiger partial charge in [0.1, 0.15) is 0 Å². The molecule has 2 N–H and O–H groups in total. The monoisotopic (exact) mass is 205 g/mol. The molecular formula is C10H23NO3. The molecule has 86 valence electrons. The number of methoxy groups -OCH3 is 1. The summed E-state index contributed by atoms with van der Waals surface area (Å²) < 4.78 is 10.1. The lowest BCUT2D eigenvalue weighted by Crippen LogP contribution is -2.36. The van der Waals surface area contributed by atoms with E-state index in [1.165, 1.54) is 0 Å². The fourth-order valence-corrected chi connectivity index (χ4v) is 0.962. The van der Waals surface area contributed by atoms with Crippen molar-refractivity contribution >= 4 is 0 Å². The lowest BCUT2D eigenvalue weighted by Gasteiger charge is -2.19. The first kappa shape index (κ1) is 13.8. The van der Waals surface area contributed by atoms with Gasteiger partial charge in [-0.05, 0) is 12.8 Å². The van der Waals surface area contributed by atoms with Crippen LogP contribution in [0.4, 0.5) is 0 Å². The number of hydrogen-bond donors (Lipinski definition) is 2. The molecule has 0 aliphatic heterocycles. The number of rotatable bonds is 9. The van der Waals surface area contributed by atoms with Crippen LogP contribution in [0.25, 0.3) is 0 Å². The maximum Gasteiger partial charge on any atom is 0.0700 e. The van der Waals surface area contributed by atoms with Crippen molar-refractivity contribution in [1.82, 2.24) is 5.32 Å². The quantitative estimate of drug-likeness (QED) is 0.530. The van der Waals surface area contributed by atoms with Crippen LogP contribution in [0.2, 0.25) is 0 Å². The third kappa shape index (κ3) is 7.26. The molecule has 0 aliphatic rings. The lowest BCUT2D eigenvalue weighted by atomic mass is 10.1. The maximum absolute atomic E-state index is 8.89. The third-order valence-electron chi connectivity index (χ3n) is 2.29. The Bertz CT molecular complexity index is 122. The fourth-order valence-electron chi connectivity index (χ4n) is 0.962. The summed E-state index contributed by atoms with van der Waals surface area (Å²) in [5, 5.41) is 12.2. The number of aliphatic hydroxyl groups excluding tert-OH is 1. The number of aliphatic hydroxyl groups is 1. The largest absolute Gasteiger partial charge is 0.396 e. The molecule has 0 fully saturated rings. The van der Waals surface area contributed by atoms with Crippen molar-refractivity contribution in [1.29, 1.82) is 0 Å². The molecule has 0 radical (unpaired) electrons. The highest BCUT2D eigenvalue weighted by molar-refractivity contribution is 4.66. The molecule has 0 amide bonds. The van der Waals surface area contributed by atoms with Crippen LogP contribution in [-0.2, 0) is 9.47 Å². The van der Waals surface area contributed by atoms with Gasteiger partial charge in [0.25, 0.3) is 0 Å². The molecule has 0 aromatic rings. The van der Waals surface area contributed by atoms with Crippen LogP contribution in [-0.4, -0.2) is 51.2 Å². The second-order valence-corrected chi connectivity index (χ2v) is 3.51. The third-order valence-corrected chi connectivity index (χ3v) is 2.29. The molecule has 0 spiro atoms. The minimum absolute atomic E-state index is 0.221. The van der Waals surface area contributed by atoms with E-state index in [0.717, 1.165) is 6.54 Å². The van der Waals surface area contributed by atoms with Crippen LogP contribution >= 0.6 is 0 Å². The van der Waals surface area contributed by atoms with Gasteiger partial charge in [-0.1, -0.05) is 6.92 Å². The highest BCUT2D eigenvalue weighted by Crippen LogP contribution is 1.99. The molecule has 4 heteroatoms. The minimum Gasteiger partial charge on any atom is -0.396 e. The SMILES string of the molecule is COCCOCCNC(C)C(C)CO. The second-order valence-electron chi connectivity index (χ2n) is 3.51. The molecule has 4 nitrogen and oxygen atoms in total. The van der Waals surface area contributed by atoms with Crippen molar-refractivity contribution in [3.63, 3.8) is 0 Å². The van der Waals surface area contributed by atoms with Gasteiger partial charge in [-0.2, -0.15) is 0 Å². The Kier molecular flexibility index (Phi) is 9.29. The van der Waals surface area contributed by atoms with E-state index in [4.69, 9.17) is 14.6 Å². The molecule has 0 rings (SSSR count). The highest BCUT2D eigenvalue weighted by Gasteiger charge is 2.08. The van der Waals surface area contributed by atoms with E-state index < -0.39 is 0 Å². The van der Waals surface area contributed by atoms with Crippen molar-refractivity contribution in [3.8, 4) is 0 Å². The minimum atomic E-state index is 0.221. The van der Waals surface area contributed by atoms with Crippen molar-refractivity contribution < 1.29 is 14.6 Å². The molecule has 0 saturated carbocycles. The summed E-state index contributed by atoms with van der Waals surface area (Å²) in [5.74, 6) is 0.286. The van der Waals surface area contributed by atoms with E-state index in [2.05, 4.69) is 12.2 Å². The summed E-state index contributed by atoms with van der Waals surface area (Å²) >= 11 is 0. The van der Waals surface area contributed by atoms with E-state index in [1.807, 2.05) is 6.92 Å². The van der Waals surface area contributed by atoms with Crippen molar-refractivity contribution in [2.24, 2.45) is 5.92 Å². The summed E-state index contributed by atoms with van der Waals surface area (Å²) in [4.78, 5) is 0. The standard InChI is InChI=1S/C10H23NO3/c1-9(8-12)10(2)11-4-5-14-7-6-13-3/h9-12H,4-8H2,1-3H3. The van der Waals surface area contributed by atoms with Crippen LogP contribution in [0.3, 0.4) is 0 Å². The first-order valence-electron chi connectivity index (χ1n) is 5.13. The molecule has 0 aromatic carbocycles. The Morgan fingerprint density at radius 1 is 1.21 bits per heavy atom. The zero-order valence-electron chi connectivity index (χ0n) is 9.45. The summed E-state index contributed by atoms with van der Waals surface area (Å²) in [6.07, 6.45) is 0. The predicted molar refractivity (Wildman–Crippen MR) is 56.4 cm³/mol. The average Bonchev–Trinajstić information content (AvgIpc) is 2.21. The van der Waals surface area contributed by atoms with Gasteiger partial charge in [0.15, 0.2) is 0 Å². The zero-order valence-corrected chi connectivity index (χ0v) is 9.45. The molecule has 2 unspecified atom stereocenters. The van der Waals surface area contributed by atoms with E-state index in [9.17, 15) is 0 Å². The van der Waals surface area contributed by atoms with Crippen molar-refractivity contribution in [2.45, 2.75) is 19.9 Å². The highest BCUT2D eigenvalue weighted by atomic mass is 16.5. The van der Waals surface area contributed by atoms with Crippen molar-refractivity contribution in [3.05, 3.63) is 0 Å². The van der Waals surface area contributed by atoms with E-state index in [0.29, 0.717) is 25.9 Å². The Hall–Kier alpha value is -0.160.